The fourth-order valence-electron chi connectivity index (χ4n) is 1.93. The number of benzene rings is 1. The second kappa shape index (κ2) is 9.22. The molecule has 0 aliphatic heterocycles. The Morgan fingerprint density at radius 2 is 1.82 bits per heavy atom. The maximum atomic E-state index is 12.0. The molecule has 0 saturated carbocycles. The molecular formula is C14H21BrN2O4S. The van der Waals surface area contributed by atoms with Gasteiger partial charge in [-0.05, 0) is 31.4 Å². The quantitative estimate of drug-likeness (QED) is 0.285. The van der Waals surface area contributed by atoms with Gasteiger partial charge in [0.2, 0.25) is 10.0 Å². The second-order valence-electron chi connectivity index (χ2n) is 5.03. The van der Waals surface area contributed by atoms with Crippen LogP contribution in [-0.4, -0.2) is 24.7 Å². The molecule has 1 unspecified atom stereocenters. The minimum atomic E-state index is -3.61. The van der Waals surface area contributed by atoms with E-state index in [1.54, 1.807) is 0 Å². The Hall–Kier alpha value is -0.990. The normalized spacial score (nSPS) is 13.0. The highest BCUT2D eigenvalue weighted by Gasteiger charge is 2.15. The number of sulfonamides is 1. The van der Waals surface area contributed by atoms with Gasteiger partial charge in [0.25, 0.3) is 5.69 Å². The summed E-state index contributed by atoms with van der Waals surface area (Å²) in [6.45, 7) is 2.49. The molecular weight excluding hydrogens is 372 g/mol. The molecule has 0 fully saturated rings. The van der Waals surface area contributed by atoms with Crippen LogP contribution in [0.15, 0.2) is 29.2 Å². The van der Waals surface area contributed by atoms with Gasteiger partial charge in [-0.3, -0.25) is 10.1 Å². The third kappa shape index (κ3) is 6.41. The van der Waals surface area contributed by atoms with Crippen LogP contribution in [0.25, 0.3) is 0 Å². The van der Waals surface area contributed by atoms with Gasteiger partial charge in [-0.15, -0.1) is 0 Å². The number of nitrogens with zero attached hydrogens (tertiary/aromatic N) is 1. The van der Waals surface area contributed by atoms with Gasteiger partial charge in [-0.2, -0.15) is 0 Å². The van der Waals surface area contributed by atoms with Gasteiger partial charge in [0.15, 0.2) is 0 Å². The molecule has 1 aromatic rings. The molecule has 0 radical (unpaired) electrons. The zero-order chi connectivity index (χ0) is 16.6. The predicted molar refractivity (Wildman–Crippen MR) is 89.8 cm³/mol. The van der Waals surface area contributed by atoms with Crippen molar-refractivity contribution >= 4 is 31.6 Å². The Balaban J connectivity index is 2.45. The largest absolute Gasteiger partial charge is 0.269 e. The maximum absolute atomic E-state index is 12.0. The number of rotatable bonds is 10. The van der Waals surface area contributed by atoms with Crippen molar-refractivity contribution < 1.29 is 13.3 Å². The van der Waals surface area contributed by atoms with Crippen molar-refractivity contribution in [1.29, 1.82) is 0 Å². The standard InChI is InChI=1S/C14H21BrN2O4S/c1-2-3-5-12(15)6-4-11-16-22(20,21)14-9-7-13(8-10-14)17(18)19/h7-10,12,16H,2-6,11H2,1H3. The first-order valence-corrected chi connectivity index (χ1v) is 9.65. The molecule has 1 aromatic carbocycles. The van der Waals surface area contributed by atoms with Crippen molar-refractivity contribution in [3.63, 3.8) is 0 Å². The number of alkyl halides is 1. The van der Waals surface area contributed by atoms with E-state index in [9.17, 15) is 18.5 Å². The minimum Gasteiger partial charge on any atom is -0.258 e. The van der Waals surface area contributed by atoms with Crippen molar-refractivity contribution in [2.75, 3.05) is 6.54 Å². The molecule has 0 heterocycles. The topological polar surface area (TPSA) is 89.3 Å². The van der Waals surface area contributed by atoms with Gasteiger partial charge in [-0.25, -0.2) is 13.1 Å². The molecule has 0 saturated heterocycles. The van der Waals surface area contributed by atoms with Crippen LogP contribution in [0.2, 0.25) is 0 Å². The van der Waals surface area contributed by atoms with Gasteiger partial charge < -0.3 is 0 Å². The van der Waals surface area contributed by atoms with E-state index in [1.165, 1.54) is 24.3 Å². The smallest absolute Gasteiger partial charge is 0.258 e. The number of halogens is 1. The zero-order valence-corrected chi connectivity index (χ0v) is 14.9. The lowest BCUT2D eigenvalue weighted by atomic mass is 10.1. The number of unbranched alkanes of at least 4 members (excludes halogenated alkanes) is 1. The third-order valence-corrected chi connectivity index (χ3v) is 5.61. The van der Waals surface area contributed by atoms with E-state index in [-0.39, 0.29) is 10.6 Å². The number of hydrogen-bond donors (Lipinski definition) is 1. The molecule has 124 valence electrons. The molecule has 0 aromatic heterocycles. The van der Waals surface area contributed by atoms with Crippen LogP contribution in [-0.2, 0) is 10.0 Å². The maximum Gasteiger partial charge on any atom is 0.269 e. The molecule has 6 nitrogen and oxygen atoms in total. The molecule has 0 bridgehead atoms. The van der Waals surface area contributed by atoms with Crippen LogP contribution < -0.4 is 4.72 Å². The fourth-order valence-corrected chi connectivity index (χ4v) is 3.65. The van der Waals surface area contributed by atoms with E-state index in [2.05, 4.69) is 27.6 Å². The van der Waals surface area contributed by atoms with Crippen LogP contribution in [0, 0.1) is 10.1 Å². The molecule has 0 aliphatic rings. The minimum absolute atomic E-state index is 0.0412. The predicted octanol–water partition coefficient (Wildman–Crippen LogP) is 3.61. The second-order valence-corrected chi connectivity index (χ2v) is 8.09. The number of nitro benzene ring substituents is 1. The van der Waals surface area contributed by atoms with Crippen molar-refractivity contribution in [3.8, 4) is 0 Å². The van der Waals surface area contributed by atoms with E-state index in [0.29, 0.717) is 11.4 Å². The van der Waals surface area contributed by atoms with Crippen LogP contribution >= 0.6 is 15.9 Å². The Labute approximate surface area is 139 Å². The van der Waals surface area contributed by atoms with Crippen LogP contribution in [0.4, 0.5) is 5.69 Å². The fraction of sp³-hybridized carbons (Fsp3) is 0.571. The Bertz CT molecular complexity index is 575. The number of nitro groups is 1. The molecule has 1 rings (SSSR count). The Morgan fingerprint density at radius 3 is 2.36 bits per heavy atom. The third-order valence-electron chi connectivity index (χ3n) is 3.21. The highest BCUT2D eigenvalue weighted by Crippen LogP contribution is 2.17. The highest BCUT2D eigenvalue weighted by atomic mass is 79.9. The van der Waals surface area contributed by atoms with Gasteiger partial charge in [0, 0.05) is 23.5 Å². The first kappa shape index (κ1) is 19.1. The lowest BCUT2D eigenvalue weighted by Gasteiger charge is -2.10. The van der Waals surface area contributed by atoms with Gasteiger partial charge in [0.1, 0.15) is 0 Å². The summed E-state index contributed by atoms with van der Waals surface area (Å²) >= 11 is 3.58. The number of non-ortho nitro benzene ring substituents is 1. The van der Waals surface area contributed by atoms with Crippen molar-refractivity contribution in [2.24, 2.45) is 0 Å². The number of nitrogens with one attached hydrogen (secondary N) is 1. The van der Waals surface area contributed by atoms with Crippen LogP contribution in [0.1, 0.15) is 39.0 Å². The SMILES string of the molecule is CCCCC(Br)CCCNS(=O)(=O)c1ccc([N+](=O)[O-])cc1. The number of hydrogen-bond acceptors (Lipinski definition) is 4. The molecule has 0 aliphatic carbocycles. The summed E-state index contributed by atoms with van der Waals surface area (Å²) in [5.74, 6) is 0. The van der Waals surface area contributed by atoms with Crippen molar-refractivity contribution in [3.05, 3.63) is 34.4 Å². The summed E-state index contributed by atoms with van der Waals surface area (Å²) in [6.07, 6.45) is 5.04. The van der Waals surface area contributed by atoms with E-state index in [4.69, 9.17) is 0 Å². The van der Waals surface area contributed by atoms with Crippen molar-refractivity contribution in [2.45, 2.75) is 48.8 Å². The lowest BCUT2D eigenvalue weighted by Crippen LogP contribution is -2.25. The molecule has 22 heavy (non-hydrogen) atoms. The summed E-state index contributed by atoms with van der Waals surface area (Å²) in [5.41, 5.74) is -0.128. The molecule has 0 amide bonds. The summed E-state index contributed by atoms with van der Waals surface area (Å²) < 4.78 is 26.6. The molecule has 1 atom stereocenters. The monoisotopic (exact) mass is 392 g/mol. The first-order valence-electron chi connectivity index (χ1n) is 7.25. The van der Waals surface area contributed by atoms with Crippen molar-refractivity contribution in [1.82, 2.24) is 4.72 Å². The zero-order valence-electron chi connectivity index (χ0n) is 12.5. The van der Waals surface area contributed by atoms with Gasteiger partial charge >= 0.3 is 0 Å². The van der Waals surface area contributed by atoms with Crippen LogP contribution in [0.3, 0.4) is 0 Å². The molecule has 1 N–H and O–H groups in total. The average molecular weight is 393 g/mol. The highest BCUT2D eigenvalue weighted by molar-refractivity contribution is 9.09. The first-order chi connectivity index (χ1) is 10.4. The van der Waals surface area contributed by atoms with E-state index in [0.717, 1.165) is 32.1 Å². The van der Waals surface area contributed by atoms with Gasteiger partial charge in [-0.1, -0.05) is 35.7 Å². The van der Waals surface area contributed by atoms with E-state index < -0.39 is 14.9 Å². The lowest BCUT2D eigenvalue weighted by molar-refractivity contribution is -0.384. The van der Waals surface area contributed by atoms with E-state index in [1.807, 2.05) is 0 Å². The summed E-state index contributed by atoms with van der Waals surface area (Å²) in [4.78, 5) is 10.4. The average Bonchev–Trinajstić information content (AvgIpc) is 2.49. The van der Waals surface area contributed by atoms with Gasteiger partial charge in [0.05, 0.1) is 9.82 Å². The Morgan fingerprint density at radius 1 is 1.23 bits per heavy atom. The summed E-state index contributed by atoms with van der Waals surface area (Å²) in [5, 5.41) is 10.5. The van der Waals surface area contributed by atoms with E-state index >= 15 is 0 Å². The van der Waals surface area contributed by atoms with Crippen LogP contribution in [0.5, 0.6) is 0 Å². The summed E-state index contributed by atoms with van der Waals surface area (Å²) in [6, 6.07) is 4.87. The summed E-state index contributed by atoms with van der Waals surface area (Å²) in [7, 11) is -3.61. The molecule has 0 spiro atoms. The molecule has 8 heteroatoms. The Kier molecular flexibility index (Phi) is 7.98.